The van der Waals surface area contributed by atoms with Crippen molar-refractivity contribution in [2.45, 2.75) is 19.3 Å². The molecule has 0 saturated carbocycles. The molecular formula is C13H16N2. The van der Waals surface area contributed by atoms with Crippen molar-refractivity contribution in [2.24, 2.45) is 5.41 Å². The highest BCUT2D eigenvalue weighted by Crippen LogP contribution is 2.31. The van der Waals surface area contributed by atoms with E-state index in [4.69, 9.17) is 0 Å². The van der Waals surface area contributed by atoms with E-state index >= 15 is 0 Å². The van der Waals surface area contributed by atoms with Crippen LogP contribution < -0.4 is 5.32 Å². The minimum atomic E-state index is -0.132. The first-order valence-corrected chi connectivity index (χ1v) is 5.51. The number of rotatable bonds is 2. The number of benzene rings is 1. The molecule has 1 heterocycles. The Kier molecular flexibility index (Phi) is 3.03. The molecule has 1 N–H and O–H groups in total. The van der Waals surface area contributed by atoms with E-state index in [1.54, 1.807) is 0 Å². The molecule has 2 nitrogen and oxygen atoms in total. The minimum Gasteiger partial charge on any atom is -0.317 e. The lowest BCUT2D eigenvalue weighted by Crippen LogP contribution is -2.37. The van der Waals surface area contributed by atoms with Gasteiger partial charge in [-0.1, -0.05) is 30.3 Å². The van der Waals surface area contributed by atoms with Crippen LogP contribution in [-0.2, 0) is 6.42 Å². The summed E-state index contributed by atoms with van der Waals surface area (Å²) in [6.07, 6.45) is 2.84. The summed E-state index contributed by atoms with van der Waals surface area (Å²) < 4.78 is 0. The summed E-state index contributed by atoms with van der Waals surface area (Å²) in [5.41, 5.74) is 1.15. The second kappa shape index (κ2) is 4.46. The molecule has 0 unspecified atom stereocenters. The van der Waals surface area contributed by atoms with Crippen LogP contribution in [0.25, 0.3) is 0 Å². The van der Waals surface area contributed by atoms with Crippen LogP contribution in [0.3, 0.4) is 0 Å². The maximum atomic E-state index is 9.33. The smallest absolute Gasteiger partial charge is 0.0694 e. The molecule has 0 radical (unpaired) electrons. The van der Waals surface area contributed by atoms with E-state index in [1.165, 1.54) is 5.56 Å². The van der Waals surface area contributed by atoms with E-state index in [2.05, 4.69) is 23.5 Å². The zero-order valence-electron chi connectivity index (χ0n) is 8.87. The van der Waals surface area contributed by atoms with Crippen molar-refractivity contribution in [1.82, 2.24) is 5.32 Å². The van der Waals surface area contributed by atoms with Gasteiger partial charge in [0.2, 0.25) is 0 Å². The molecule has 0 atom stereocenters. The normalized spacial score (nSPS) is 19.4. The van der Waals surface area contributed by atoms with Gasteiger partial charge in [0, 0.05) is 0 Å². The molecule has 0 spiro atoms. The average Bonchev–Trinajstić information content (AvgIpc) is 2.32. The second-order valence-electron chi connectivity index (χ2n) is 4.30. The highest BCUT2D eigenvalue weighted by Gasteiger charge is 2.31. The van der Waals surface area contributed by atoms with Crippen LogP contribution in [0.4, 0.5) is 0 Å². The Bertz CT molecular complexity index is 345. The quantitative estimate of drug-likeness (QED) is 0.793. The van der Waals surface area contributed by atoms with Crippen LogP contribution in [-0.4, -0.2) is 13.1 Å². The average molecular weight is 200 g/mol. The van der Waals surface area contributed by atoms with Gasteiger partial charge in [0.25, 0.3) is 0 Å². The molecule has 0 aromatic heterocycles. The molecule has 1 saturated heterocycles. The molecule has 0 bridgehead atoms. The maximum Gasteiger partial charge on any atom is 0.0694 e. The van der Waals surface area contributed by atoms with Crippen LogP contribution in [0.5, 0.6) is 0 Å². The predicted molar refractivity (Wildman–Crippen MR) is 60.3 cm³/mol. The molecular weight excluding hydrogens is 184 g/mol. The molecule has 1 fully saturated rings. The standard InChI is InChI=1S/C13H16N2/c14-11-13(6-8-15-9-7-13)10-12-4-2-1-3-5-12/h1-5,15H,6-10H2. The van der Waals surface area contributed by atoms with Crippen LogP contribution in [0, 0.1) is 16.7 Å². The Labute approximate surface area is 90.9 Å². The number of hydrogen-bond donors (Lipinski definition) is 1. The summed E-state index contributed by atoms with van der Waals surface area (Å²) >= 11 is 0. The Balaban J connectivity index is 2.12. The monoisotopic (exact) mass is 200 g/mol. The molecule has 1 aliphatic rings. The number of nitrogens with one attached hydrogen (secondary N) is 1. The Hall–Kier alpha value is -1.33. The SMILES string of the molecule is N#CC1(Cc2ccccc2)CCNCC1. The van der Waals surface area contributed by atoms with E-state index in [0.717, 1.165) is 32.4 Å². The van der Waals surface area contributed by atoms with Gasteiger partial charge in [-0.3, -0.25) is 0 Å². The fraction of sp³-hybridized carbons (Fsp3) is 0.462. The fourth-order valence-corrected chi connectivity index (χ4v) is 2.22. The van der Waals surface area contributed by atoms with E-state index in [9.17, 15) is 5.26 Å². The first-order chi connectivity index (χ1) is 7.35. The minimum absolute atomic E-state index is 0.132. The third-order valence-electron chi connectivity index (χ3n) is 3.18. The third-order valence-corrected chi connectivity index (χ3v) is 3.18. The van der Waals surface area contributed by atoms with E-state index in [1.807, 2.05) is 18.2 Å². The molecule has 1 aromatic rings. The zero-order valence-corrected chi connectivity index (χ0v) is 8.87. The first kappa shape index (κ1) is 10.2. The lowest BCUT2D eigenvalue weighted by atomic mass is 9.75. The van der Waals surface area contributed by atoms with Crippen molar-refractivity contribution >= 4 is 0 Å². The molecule has 15 heavy (non-hydrogen) atoms. The summed E-state index contributed by atoms with van der Waals surface area (Å²) in [6, 6.07) is 12.9. The molecule has 2 heteroatoms. The second-order valence-corrected chi connectivity index (χ2v) is 4.30. The van der Waals surface area contributed by atoms with Crippen LogP contribution in [0.15, 0.2) is 30.3 Å². The molecule has 78 valence electrons. The summed E-state index contributed by atoms with van der Waals surface area (Å²) in [7, 11) is 0. The van der Waals surface area contributed by atoms with Gasteiger partial charge in [0.15, 0.2) is 0 Å². The number of piperidine rings is 1. The largest absolute Gasteiger partial charge is 0.317 e. The van der Waals surface area contributed by atoms with Gasteiger partial charge in [-0.2, -0.15) is 5.26 Å². The van der Waals surface area contributed by atoms with E-state index < -0.39 is 0 Å². The zero-order chi connectivity index (χ0) is 10.6. The van der Waals surface area contributed by atoms with Gasteiger partial charge < -0.3 is 5.32 Å². The van der Waals surface area contributed by atoms with E-state index in [-0.39, 0.29) is 5.41 Å². The van der Waals surface area contributed by atoms with Gasteiger partial charge in [-0.25, -0.2) is 0 Å². The van der Waals surface area contributed by atoms with Crippen molar-refractivity contribution in [3.8, 4) is 6.07 Å². The van der Waals surface area contributed by atoms with Crippen molar-refractivity contribution in [2.75, 3.05) is 13.1 Å². The van der Waals surface area contributed by atoms with Crippen LogP contribution >= 0.6 is 0 Å². The van der Waals surface area contributed by atoms with Crippen molar-refractivity contribution in [3.63, 3.8) is 0 Å². The molecule has 2 rings (SSSR count). The summed E-state index contributed by atoms with van der Waals surface area (Å²) in [5.74, 6) is 0. The lowest BCUT2D eigenvalue weighted by Gasteiger charge is -2.31. The van der Waals surface area contributed by atoms with Crippen LogP contribution in [0.2, 0.25) is 0 Å². The molecule has 1 aromatic carbocycles. The van der Waals surface area contributed by atoms with Crippen molar-refractivity contribution < 1.29 is 0 Å². The van der Waals surface area contributed by atoms with Crippen molar-refractivity contribution in [1.29, 1.82) is 5.26 Å². The molecule has 0 amide bonds. The number of nitrogens with zero attached hydrogens (tertiary/aromatic N) is 1. The predicted octanol–water partition coefficient (Wildman–Crippen LogP) is 2.12. The fourth-order valence-electron chi connectivity index (χ4n) is 2.22. The van der Waals surface area contributed by atoms with Crippen molar-refractivity contribution in [3.05, 3.63) is 35.9 Å². The van der Waals surface area contributed by atoms with Gasteiger partial charge in [-0.05, 0) is 37.9 Å². The number of hydrogen-bond acceptors (Lipinski definition) is 2. The Morgan fingerprint density at radius 3 is 2.47 bits per heavy atom. The maximum absolute atomic E-state index is 9.33. The van der Waals surface area contributed by atoms with E-state index in [0.29, 0.717) is 0 Å². The lowest BCUT2D eigenvalue weighted by molar-refractivity contribution is 0.280. The first-order valence-electron chi connectivity index (χ1n) is 5.51. The molecule has 1 aliphatic heterocycles. The summed E-state index contributed by atoms with van der Waals surface area (Å²) in [5, 5.41) is 12.6. The Morgan fingerprint density at radius 2 is 1.87 bits per heavy atom. The van der Waals surface area contributed by atoms with Gasteiger partial charge in [0.05, 0.1) is 11.5 Å². The highest BCUT2D eigenvalue weighted by molar-refractivity contribution is 5.19. The topological polar surface area (TPSA) is 35.8 Å². The van der Waals surface area contributed by atoms with Gasteiger partial charge >= 0.3 is 0 Å². The molecule has 0 aliphatic carbocycles. The summed E-state index contributed by atoms with van der Waals surface area (Å²) in [6.45, 7) is 1.95. The van der Waals surface area contributed by atoms with Gasteiger partial charge in [0.1, 0.15) is 0 Å². The van der Waals surface area contributed by atoms with Gasteiger partial charge in [-0.15, -0.1) is 0 Å². The summed E-state index contributed by atoms with van der Waals surface area (Å²) in [4.78, 5) is 0. The third kappa shape index (κ3) is 2.37. The van der Waals surface area contributed by atoms with Crippen LogP contribution in [0.1, 0.15) is 18.4 Å². The Morgan fingerprint density at radius 1 is 1.20 bits per heavy atom. The number of nitriles is 1. The highest BCUT2D eigenvalue weighted by atomic mass is 14.9.